The van der Waals surface area contributed by atoms with Crippen molar-refractivity contribution in [3.8, 4) is 17.2 Å². The minimum absolute atomic E-state index is 0.0289. The molecule has 186 valence electrons. The summed E-state index contributed by atoms with van der Waals surface area (Å²) < 4.78 is 45.1. The average Bonchev–Trinajstić information content (AvgIpc) is 2.92. The quantitative estimate of drug-likeness (QED) is 0.427. The molecule has 3 aromatic rings. The van der Waals surface area contributed by atoms with Crippen LogP contribution >= 0.6 is 0 Å². The summed E-state index contributed by atoms with van der Waals surface area (Å²) in [5.41, 5.74) is 0.782. The van der Waals surface area contributed by atoms with Gasteiger partial charge in [0.1, 0.15) is 17.3 Å². The maximum Gasteiger partial charge on any atom is 0.334 e. The third-order valence-electron chi connectivity index (χ3n) is 5.74. The highest BCUT2D eigenvalue weighted by atomic mass is 19.1. The molecule has 0 unspecified atom stereocenters. The van der Waals surface area contributed by atoms with Crippen molar-refractivity contribution in [2.24, 2.45) is 0 Å². The molecule has 36 heavy (non-hydrogen) atoms. The lowest BCUT2D eigenvalue weighted by molar-refractivity contribution is 0.254. The second-order valence-corrected chi connectivity index (χ2v) is 8.19. The van der Waals surface area contributed by atoms with Crippen LogP contribution in [0.4, 0.5) is 40.8 Å². The fraction of sp³-hybridized carbons (Fsp3) is 0.240. The molecule has 0 aliphatic carbocycles. The topological polar surface area (TPSA) is 105 Å². The summed E-state index contributed by atoms with van der Waals surface area (Å²) in [6, 6.07) is 7.36. The minimum atomic E-state index is -1.02. The van der Waals surface area contributed by atoms with Crippen LogP contribution in [-0.4, -0.2) is 49.4 Å². The minimum Gasteiger partial charge on any atom is -0.395 e. The van der Waals surface area contributed by atoms with Crippen LogP contribution in [0.25, 0.3) is 11.1 Å². The number of aryl methyl sites for hydroxylation is 1. The van der Waals surface area contributed by atoms with Gasteiger partial charge in [-0.05, 0) is 42.8 Å². The van der Waals surface area contributed by atoms with Crippen LogP contribution < -0.4 is 20.4 Å². The summed E-state index contributed by atoms with van der Waals surface area (Å²) in [7, 11) is 1.37. The van der Waals surface area contributed by atoms with Crippen LogP contribution in [0.15, 0.2) is 36.5 Å². The summed E-state index contributed by atoms with van der Waals surface area (Å²) in [4.78, 5) is 19.6. The zero-order valence-corrected chi connectivity index (χ0v) is 19.6. The average molecular weight is 496 g/mol. The number of aliphatic hydroxyl groups is 1. The molecule has 1 aliphatic heterocycles. The number of nitriles is 1. The smallest absolute Gasteiger partial charge is 0.334 e. The summed E-state index contributed by atoms with van der Waals surface area (Å²) in [5, 5.41) is 24.1. The molecule has 2 aromatic carbocycles. The molecule has 0 spiro atoms. The molecule has 1 aliphatic rings. The zero-order chi connectivity index (χ0) is 26.0. The Labute approximate surface area is 205 Å². The molecule has 1 aromatic heterocycles. The zero-order valence-electron chi connectivity index (χ0n) is 19.6. The van der Waals surface area contributed by atoms with Crippen molar-refractivity contribution in [2.75, 3.05) is 48.4 Å². The highest BCUT2D eigenvalue weighted by Gasteiger charge is 2.36. The van der Waals surface area contributed by atoms with E-state index in [-0.39, 0.29) is 34.9 Å². The van der Waals surface area contributed by atoms with Gasteiger partial charge < -0.3 is 15.7 Å². The first-order valence-corrected chi connectivity index (χ1v) is 11.1. The number of rotatable bonds is 7. The molecule has 0 atom stereocenters. The second-order valence-electron chi connectivity index (χ2n) is 8.19. The number of halogens is 3. The lowest BCUT2D eigenvalue weighted by Crippen LogP contribution is -2.39. The first-order chi connectivity index (χ1) is 17.3. The van der Waals surface area contributed by atoms with E-state index < -0.39 is 29.2 Å². The number of aromatic nitrogens is 1. The maximum absolute atomic E-state index is 15.4. The van der Waals surface area contributed by atoms with Gasteiger partial charge in [-0.25, -0.2) is 22.9 Å². The van der Waals surface area contributed by atoms with Gasteiger partial charge >= 0.3 is 6.03 Å². The number of carbonyl (C=O) groups is 1. The normalized spacial score (nSPS) is 12.6. The molecule has 2 heterocycles. The summed E-state index contributed by atoms with van der Waals surface area (Å²) in [5.74, 6) is -2.58. The van der Waals surface area contributed by atoms with E-state index in [1.54, 1.807) is 13.0 Å². The number of nitrogens with zero attached hydrogens (tertiary/aromatic N) is 4. The van der Waals surface area contributed by atoms with Gasteiger partial charge in [-0.2, -0.15) is 5.26 Å². The van der Waals surface area contributed by atoms with Crippen molar-refractivity contribution in [3.05, 3.63) is 65.1 Å². The van der Waals surface area contributed by atoms with E-state index in [0.717, 1.165) is 28.1 Å². The molecule has 2 amide bonds. The van der Waals surface area contributed by atoms with E-state index in [0.29, 0.717) is 30.8 Å². The van der Waals surface area contributed by atoms with E-state index in [2.05, 4.69) is 15.6 Å². The fourth-order valence-electron chi connectivity index (χ4n) is 4.18. The molecule has 0 radical (unpaired) electrons. The standard InChI is InChI=1S/C25H23F3N6O2/c1-14-7-15(12-29)8-21-22(14)18-9-16(26)13-32-24(18)33(2)25(36)34(21)23-19(27)10-17(11-20(23)28)31-4-3-30-5-6-35/h7-11,13,30-31,35H,3-6H2,1-2H3. The number of hydrogen-bond acceptors (Lipinski definition) is 6. The Morgan fingerprint density at radius 3 is 2.47 bits per heavy atom. The number of aliphatic hydroxyl groups excluding tert-OH is 1. The predicted octanol–water partition coefficient (Wildman–Crippen LogP) is 4.05. The van der Waals surface area contributed by atoms with Crippen LogP contribution in [0.1, 0.15) is 11.1 Å². The van der Waals surface area contributed by atoms with E-state index in [1.165, 1.54) is 19.2 Å². The van der Waals surface area contributed by atoms with Crippen LogP contribution in [0.2, 0.25) is 0 Å². The highest BCUT2D eigenvalue weighted by Crippen LogP contribution is 2.46. The van der Waals surface area contributed by atoms with Gasteiger partial charge in [0.05, 0.1) is 30.1 Å². The molecule has 0 saturated heterocycles. The highest BCUT2D eigenvalue weighted by molar-refractivity contribution is 6.15. The Hall–Kier alpha value is -4.14. The van der Waals surface area contributed by atoms with E-state index in [4.69, 9.17) is 5.11 Å². The first kappa shape index (κ1) is 25.0. The lowest BCUT2D eigenvalue weighted by atomic mass is 9.96. The molecule has 4 rings (SSSR count). The fourth-order valence-corrected chi connectivity index (χ4v) is 4.18. The monoisotopic (exact) mass is 496 g/mol. The van der Waals surface area contributed by atoms with Gasteiger partial charge in [-0.1, -0.05) is 0 Å². The summed E-state index contributed by atoms with van der Waals surface area (Å²) in [6.07, 6.45) is 0.952. The van der Waals surface area contributed by atoms with Crippen LogP contribution in [-0.2, 0) is 0 Å². The second kappa shape index (κ2) is 10.2. The number of urea groups is 1. The van der Waals surface area contributed by atoms with Crippen molar-refractivity contribution < 1.29 is 23.1 Å². The molecular formula is C25H23F3N6O2. The molecule has 11 heteroatoms. The van der Waals surface area contributed by atoms with Crippen LogP contribution in [0, 0.1) is 35.7 Å². The third kappa shape index (κ3) is 4.56. The lowest BCUT2D eigenvalue weighted by Gasteiger charge is -2.27. The van der Waals surface area contributed by atoms with Crippen molar-refractivity contribution in [3.63, 3.8) is 0 Å². The number of benzene rings is 2. The first-order valence-electron chi connectivity index (χ1n) is 11.1. The number of anilines is 4. The Morgan fingerprint density at radius 2 is 1.81 bits per heavy atom. The summed E-state index contributed by atoms with van der Waals surface area (Å²) >= 11 is 0. The summed E-state index contributed by atoms with van der Waals surface area (Å²) in [6.45, 7) is 2.80. The van der Waals surface area contributed by atoms with E-state index in [1.807, 2.05) is 6.07 Å². The maximum atomic E-state index is 15.4. The number of carbonyl (C=O) groups excluding carboxylic acids is 1. The van der Waals surface area contributed by atoms with E-state index >= 15 is 8.78 Å². The SMILES string of the molecule is Cc1cc(C#N)cc2c1-c1cc(F)cnc1N(C)C(=O)N2c1c(F)cc(NCCNCCO)cc1F. The predicted molar refractivity (Wildman–Crippen MR) is 130 cm³/mol. The van der Waals surface area contributed by atoms with E-state index in [9.17, 15) is 14.4 Å². The van der Waals surface area contributed by atoms with Crippen molar-refractivity contribution in [2.45, 2.75) is 6.92 Å². The number of fused-ring (bicyclic) bond motifs is 3. The third-order valence-corrected chi connectivity index (χ3v) is 5.74. The Balaban J connectivity index is 1.86. The van der Waals surface area contributed by atoms with Gasteiger partial charge in [-0.3, -0.25) is 9.80 Å². The van der Waals surface area contributed by atoms with Crippen molar-refractivity contribution >= 4 is 28.9 Å². The number of hydrogen-bond donors (Lipinski definition) is 3. The molecule has 0 bridgehead atoms. The molecule has 0 fully saturated rings. The Bertz CT molecular complexity index is 1350. The Kier molecular flexibility index (Phi) is 7.10. The van der Waals surface area contributed by atoms with Crippen molar-refractivity contribution in [1.29, 1.82) is 5.26 Å². The molecule has 0 saturated carbocycles. The van der Waals surface area contributed by atoms with Crippen molar-refractivity contribution in [1.82, 2.24) is 10.3 Å². The molecular weight excluding hydrogens is 473 g/mol. The van der Waals surface area contributed by atoms with Gasteiger partial charge in [0.15, 0.2) is 11.6 Å². The molecule has 8 nitrogen and oxygen atoms in total. The van der Waals surface area contributed by atoms with Gasteiger partial charge in [-0.15, -0.1) is 0 Å². The van der Waals surface area contributed by atoms with Crippen LogP contribution in [0.5, 0.6) is 0 Å². The van der Waals surface area contributed by atoms with Gasteiger partial charge in [0.25, 0.3) is 0 Å². The number of nitrogens with one attached hydrogen (secondary N) is 2. The number of pyridine rings is 1. The van der Waals surface area contributed by atoms with Crippen LogP contribution in [0.3, 0.4) is 0 Å². The van der Waals surface area contributed by atoms with Gasteiger partial charge in [0.2, 0.25) is 0 Å². The molecule has 3 N–H and O–H groups in total. The van der Waals surface area contributed by atoms with Gasteiger partial charge in [0, 0.05) is 43.5 Å². The number of amides is 2. The largest absolute Gasteiger partial charge is 0.395 e. The Morgan fingerprint density at radius 1 is 1.08 bits per heavy atom.